The quantitative estimate of drug-likeness (QED) is 0.505. The number of nitrogens with one attached hydrogen (secondary N) is 1. The molecule has 0 aliphatic carbocycles. The third-order valence-electron chi connectivity index (χ3n) is 4.02. The van der Waals surface area contributed by atoms with Gasteiger partial charge in [0.2, 0.25) is 0 Å². The summed E-state index contributed by atoms with van der Waals surface area (Å²) in [6.45, 7) is -0.329. The van der Waals surface area contributed by atoms with Crippen molar-refractivity contribution < 1.29 is 23.0 Å². The molecule has 2 rings (SSSR count). The van der Waals surface area contributed by atoms with Crippen LogP contribution in [-0.2, 0) is 13.0 Å². The van der Waals surface area contributed by atoms with Crippen LogP contribution in [0.25, 0.3) is 0 Å². The molecular weight excluding hydrogens is 368 g/mol. The van der Waals surface area contributed by atoms with Crippen LogP contribution in [-0.4, -0.2) is 33.3 Å². The molecular formula is C20H25F2N3O3. The van der Waals surface area contributed by atoms with Gasteiger partial charge in [-0.05, 0) is 37.1 Å². The number of methoxy groups -OCH3 is 2. The first-order chi connectivity index (χ1) is 13.4. The Morgan fingerprint density at radius 3 is 2.46 bits per heavy atom. The van der Waals surface area contributed by atoms with E-state index in [0.29, 0.717) is 30.0 Å². The van der Waals surface area contributed by atoms with Gasteiger partial charge in [0.05, 0.1) is 20.8 Å². The molecule has 6 nitrogen and oxygen atoms in total. The highest BCUT2D eigenvalue weighted by atomic mass is 19.3. The minimum absolute atomic E-state index is 0.0995. The minimum Gasteiger partial charge on any atom is -0.493 e. The number of guanidine groups is 1. The Morgan fingerprint density at radius 2 is 1.79 bits per heavy atom. The first-order valence-electron chi connectivity index (χ1n) is 8.72. The van der Waals surface area contributed by atoms with Gasteiger partial charge in [0.15, 0.2) is 17.5 Å². The molecule has 0 bridgehead atoms. The highest BCUT2D eigenvalue weighted by Crippen LogP contribution is 2.27. The summed E-state index contributed by atoms with van der Waals surface area (Å²) in [6.07, 6.45) is 0.695. The van der Waals surface area contributed by atoms with Gasteiger partial charge in [0.25, 0.3) is 0 Å². The Labute approximate surface area is 163 Å². The van der Waals surface area contributed by atoms with Crippen molar-refractivity contribution in [3.05, 3.63) is 53.1 Å². The summed E-state index contributed by atoms with van der Waals surface area (Å²) in [7, 11) is 3.17. The van der Waals surface area contributed by atoms with E-state index in [4.69, 9.17) is 15.2 Å². The van der Waals surface area contributed by atoms with Gasteiger partial charge in [0.1, 0.15) is 5.75 Å². The number of nitrogens with zero attached hydrogens (tertiary/aromatic N) is 1. The number of ether oxygens (including phenoxy) is 3. The fourth-order valence-corrected chi connectivity index (χ4v) is 2.64. The maximum absolute atomic E-state index is 12.5. The van der Waals surface area contributed by atoms with Crippen molar-refractivity contribution >= 4 is 5.96 Å². The van der Waals surface area contributed by atoms with E-state index >= 15 is 0 Å². The molecule has 2 aromatic rings. The van der Waals surface area contributed by atoms with Crippen molar-refractivity contribution in [2.45, 2.75) is 26.5 Å². The standard InChI is InChI=1S/C20H25F2N3O3/c1-13-4-6-16(28-19(21)22)15(10-13)12-25-20(23)24-9-8-14-5-7-17(26-2)18(11-14)27-3/h4-7,10-11,19H,8-9,12H2,1-3H3,(H3,23,24,25). The van der Waals surface area contributed by atoms with E-state index in [1.54, 1.807) is 26.4 Å². The maximum Gasteiger partial charge on any atom is 0.387 e. The van der Waals surface area contributed by atoms with Crippen molar-refractivity contribution in [1.82, 2.24) is 5.32 Å². The summed E-state index contributed by atoms with van der Waals surface area (Å²) in [5.74, 6) is 1.65. The smallest absolute Gasteiger partial charge is 0.387 e. The molecule has 0 amide bonds. The lowest BCUT2D eigenvalue weighted by Gasteiger charge is -2.11. The lowest BCUT2D eigenvalue weighted by atomic mass is 10.1. The van der Waals surface area contributed by atoms with Crippen LogP contribution in [0.3, 0.4) is 0 Å². The SMILES string of the molecule is COc1ccc(CCNC(N)=NCc2cc(C)ccc2OC(F)F)cc1OC. The molecule has 0 heterocycles. The molecule has 3 N–H and O–H groups in total. The molecule has 2 aromatic carbocycles. The van der Waals surface area contributed by atoms with Crippen molar-refractivity contribution in [2.24, 2.45) is 10.7 Å². The van der Waals surface area contributed by atoms with Gasteiger partial charge >= 0.3 is 6.61 Å². The second kappa shape index (κ2) is 10.3. The van der Waals surface area contributed by atoms with E-state index < -0.39 is 6.61 Å². The number of aryl methyl sites for hydroxylation is 1. The van der Waals surface area contributed by atoms with Gasteiger partial charge < -0.3 is 25.3 Å². The monoisotopic (exact) mass is 393 g/mol. The Morgan fingerprint density at radius 1 is 1.07 bits per heavy atom. The van der Waals surface area contributed by atoms with Crippen LogP contribution in [0.1, 0.15) is 16.7 Å². The Balaban J connectivity index is 1.92. The molecule has 0 saturated heterocycles. The zero-order valence-corrected chi connectivity index (χ0v) is 16.2. The van der Waals surface area contributed by atoms with Gasteiger partial charge in [-0.3, -0.25) is 0 Å². The molecule has 0 unspecified atom stereocenters. The summed E-state index contributed by atoms with van der Waals surface area (Å²) in [5, 5.41) is 3.01. The highest BCUT2D eigenvalue weighted by molar-refractivity contribution is 5.77. The molecule has 0 saturated carbocycles. The average Bonchev–Trinajstić information content (AvgIpc) is 2.67. The minimum atomic E-state index is -2.89. The molecule has 0 aliphatic heterocycles. The number of hydrogen-bond donors (Lipinski definition) is 2. The number of aliphatic imine (C=N–C) groups is 1. The van der Waals surface area contributed by atoms with Crippen LogP contribution in [0, 0.1) is 6.92 Å². The summed E-state index contributed by atoms with van der Waals surface area (Å²) < 4.78 is 40.1. The fourth-order valence-electron chi connectivity index (χ4n) is 2.64. The topological polar surface area (TPSA) is 78.1 Å². The van der Waals surface area contributed by atoms with E-state index in [1.165, 1.54) is 6.07 Å². The van der Waals surface area contributed by atoms with Crippen LogP contribution in [0.5, 0.6) is 17.2 Å². The summed E-state index contributed by atoms with van der Waals surface area (Å²) >= 11 is 0. The Bertz CT molecular complexity index is 813. The molecule has 152 valence electrons. The Hall–Kier alpha value is -3.03. The van der Waals surface area contributed by atoms with E-state index in [-0.39, 0.29) is 18.3 Å². The number of hydrogen-bond acceptors (Lipinski definition) is 4. The number of rotatable bonds is 9. The number of benzene rings is 2. The number of alkyl halides is 2. The van der Waals surface area contributed by atoms with Gasteiger partial charge in [-0.2, -0.15) is 8.78 Å². The van der Waals surface area contributed by atoms with Crippen molar-refractivity contribution in [2.75, 3.05) is 20.8 Å². The zero-order chi connectivity index (χ0) is 20.5. The van der Waals surface area contributed by atoms with Crippen molar-refractivity contribution in [3.63, 3.8) is 0 Å². The van der Waals surface area contributed by atoms with Crippen LogP contribution < -0.4 is 25.3 Å². The molecule has 28 heavy (non-hydrogen) atoms. The largest absolute Gasteiger partial charge is 0.493 e. The second-order valence-corrected chi connectivity index (χ2v) is 6.06. The number of nitrogens with two attached hydrogens (primary N) is 1. The maximum atomic E-state index is 12.5. The molecule has 0 fully saturated rings. The third-order valence-corrected chi connectivity index (χ3v) is 4.02. The van der Waals surface area contributed by atoms with Crippen molar-refractivity contribution in [1.29, 1.82) is 0 Å². The highest BCUT2D eigenvalue weighted by Gasteiger charge is 2.10. The molecule has 0 aromatic heterocycles. The van der Waals surface area contributed by atoms with Crippen molar-refractivity contribution in [3.8, 4) is 17.2 Å². The molecule has 0 radical (unpaired) electrons. The molecule has 0 atom stereocenters. The van der Waals surface area contributed by atoms with Crippen LogP contribution >= 0.6 is 0 Å². The second-order valence-electron chi connectivity index (χ2n) is 6.06. The predicted molar refractivity (Wildman–Crippen MR) is 104 cm³/mol. The van der Waals surface area contributed by atoms with Gasteiger partial charge in [0, 0.05) is 12.1 Å². The fraction of sp³-hybridized carbons (Fsp3) is 0.350. The molecule has 0 spiro atoms. The summed E-state index contributed by atoms with van der Waals surface area (Å²) in [5.41, 5.74) is 8.40. The summed E-state index contributed by atoms with van der Waals surface area (Å²) in [6, 6.07) is 10.6. The van der Waals surface area contributed by atoms with Crippen LogP contribution in [0.4, 0.5) is 8.78 Å². The third kappa shape index (κ3) is 6.29. The zero-order valence-electron chi connectivity index (χ0n) is 16.2. The molecule has 8 heteroatoms. The normalized spacial score (nSPS) is 11.4. The van der Waals surface area contributed by atoms with E-state index in [1.807, 2.05) is 25.1 Å². The Kier molecular flexibility index (Phi) is 7.86. The first kappa shape index (κ1) is 21.3. The molecule has 0 aliphatic rings. The average molecular weight is 393 g/mol. The van der Waals surface area contributed by atoms with Gasteiger partial charge in [-0.15, -0.1) is 0 Å². The first-order valence-corrected chi connectivity index (χ1v) is 8.72. The van der Waals surface area contributed by atoms with E-state index in [0.717, 1.165) is 11.1 Å². The summed E-state index contributed by atoms with van der Waals surface area (Å²) in [4.78, 5) is 4.21. The van der Waals surface area contributed by atoms with Crippen LogP contribution in [0.2, 0.25) is 0 Å². The predicted octanol–water partition coefficient (Wildman–Crippen LogP) is 3.26. The van der Waals surface area contributed by atoms with E-state index in [9.17, 15) is 8.78 Å². The van der Waals surface area contributed by atoms with E-state index in [2.05, 4.69) is 15.0 Å². The number of halogens is 2. The lowest BCUT2D eigenvalue weighted by molar-refractivity contribution is -0.0504. The van der Waals surface area contributed by atoms with Crippen LogP contribution in [0.15, 0.2) is 41.4 Å². The lowest BCUT2D eigenvalue weighted by Crippen LogP contribution is -2.33. The van der Waals surface area contributed by atoms with Gasteiger partial charge in [-0.1, -0.05) is 23.8 Å². The van der Waals surface area contributed by atoms with Gasteiger partial charge in [-0.25, -0.2) is 4.99 Å².